The first-order valence-electron chi connectivity index (χ1n) is 7.43. The number of hydrogen-bond acceptors (Lipinski definition) is 4. The molecule has 0 spiro atoms. The molecule has 1 aliphatic heterocycles. The van der Waals surface area contributed by atoms with E-state index in [0.29, 0.717) is 6.61 Å². The Labute approximate surface area is 121 Å². The zero-order chi connectivity index (χ0) is 14.4. The topological polar surface area (TPSA) is 41.6 Å². The normalized spacial score (nSPS) is 15.9. The lowest BCUT2D eigenvalue weighted by Crippen LogP contribution is -2.40. The van der Waals surface area contributed by atoms with Crippen molar-refractivity contribution in [2.24, 2.45) is 0 Å². The molecule has 0 amide bonds. The standard InChI is InChI=1S/C16H24N2O2/c1-3-17-15(16(19)20-4-2)9-10-18-11-13-7-5-6-8-14(13)12-18/h5-8,15,17H,3-4,9-12H2,1-2H3. The monoisotopic (exact) mass is 276 g/mol. The Hall–Kier alpha value is -1.39. The number of benzene rings is 1. The Morgan fingerprint density at radius 2 is 1.95 bits per heavy atom. The molecule has 1 N–H and O–H groups in total. The highest BCUT2D eigenvalue weighted by molar-refractivity contribution is 5.75. The molecular weight excluding hydrogens is 252 g/mol. The molecular formula is C16H24N2O2. The highest BCUT2D eigenvalue weighted by atomic mass is 16.5. The predicted molar refractivity (Wildman–Crippen MR) is 79.3 cm³/mol. The molecule has 1 aromatic carbocycles. The van der Waals surface area contributed by atoms with Gasteiger partial charge in [0.1, 0.15) is 6.04 Å². The van der Waals surface area contributed by atoms with E-state index < -0.39 is 0 Å². The van der Waals surface area contributed by atoms with Gasteiger partial charge >= 0.3 is 5.97 Å². The number of nitrogens with one attached hydrogen (secondary N) is 1. The van der Waals surface area contributed by atoms with E-state index in [1.54, 1.807) is 0 Å². The van der Waals surface area contributed by atoms with E-state index in [-0.39, 0.29) is 12.0 Å². The first kappa shape index (κ1) is 15.0. The van der Waals surface area contributed by atoms with Gasteiger partial charge < -0.3 is 10.1 Å². The molecule has 1 atom stereocenters. The number of nitrogens with zero attached hydrogens (tertiary/aromatic N) is 1. The summed E-state index contributed by atoms with van der Waals surface area (Å²) in [5.74, 6) is -0.133. The van der Waals surface area contributed by atoms with Crippen molar-refractivity contribution in [3.05, 3.63) is 35.4 Å². The molecule has 0 bridgehead atoms. The van der Waals surface area contributed by atoms with Crippen molar-refractivity contribution in [3.8, 4) is 0 Å². The molecule has 0 aromatic heterocycles. The zero-order valence-electron chi connectivity index (χ0n) is 12.4. The summed E-state index contributed by atoms with van der Waals surface area (Å²) in [6.45, 7) is 7.95. The second kappa shape index (κ2) is 7.41. The first-order chi connectivity index (χ1) is 9.74. The number of rotatable bonds is 7. The molecule has 0 saturated carbocycles. The Balaban J connectivity index is 1.83. The van der Waals surface area contributed by atoms with E-state index in [1.165, 1.54) is 11.1 Å². The lowest BCUT2D eigenvalue weighted by Gasteiger charge is -2.20. The van der Waals surface area contributed by atoms with E-state index in [2.05, 4.69) is 34.5 Å². The summed E-state index contributed by atoms with van der Waals surface area (Å²) in [6, 6.07) is 8.35. The van der Waals surface area contributed by atoms with Crippen molar-refractivity contribution >= 4 is 5.97 Å². The van der Waals surface area contributed by atoms with Gasteiger partial charge in [-0.3, -0.25) is 9.69 Å². The molecule has 1 aromatic rings. The van der Waals surface area contributed by atoms with Crippen LogP contribution in [0.2, 0.25) is 0 Å². The van der Waals surface area contributed by atoms with Gasteiger partial charge in [0.05, 0.1) is 6.61 Å². The van der Waals surface area contributed by atoms with E-state index in [0.717, 1.165) is 32.6 Å². The molecule has 0 aliphatic carbocycles. The van der Waals surface area contributed by atoms with Crippen LogP contribution in [-0.4, -0.2) is 36.6 Å². The van der Waals surface area contributed by atoms with Crippen LogP contribution in [0.3, 0.4) is 0 Å². The maximum Gasteiger partial charge on any atom is 0.323 e. The molecule has 20 heavy (non-hydrogen) atoms. The molecule has 0 fully saturated rings. The fourth-order valence-electron chi connectivity index (χ4n) is 2.67. The Kier molecular flexibility index (Phi) is 5.56. The van der Waals surface area contributed by atoms with Crippen LogP contribution in [0.15, 0.2) is 24.3 Å². The van der Waals surface area contributed by atoms with Gasteiger partial charge in [-0.1, -0.05) is 31.2 Å². The van der Waals surface area contributed by atoms with E-state index in [9.17, 15) is 4.79 Å². The van der Waals surface area contributed by atoms with Crippen LogP contribution < -0.4 is 5.32 Å². The summed E-state index contributed by atoms with van der Waals surface area (Å²) in [5.41, 5.74) is 2.81. The third kappa shape index (κ3) is 3.81. The number of carbonyl (C=O) groups is 1. The van der Waals surface area contributed by atoms with Gasteiger partial charge in [0.15, 0.2) is 0 Å². The molecule has 1 heterocycles. The van der Waals surface area contributed by atoms with Crippen LogP contribution >= 0.6 is 0 Å². The van der Waals surface area contributed by atoms with Gasteiger partial charge in [-0.15, -0.1) is 0 Å². The van der Waals surface area contributed by atoms with Gasteiger partial charge in [0.2, 0.25) is 0 Å². The minimum atomic E-state index is -0.191. The molecule has 0 radical (unpaired) electrons. The summed E-state index contributed by atoms with van der Waals surface area (Å²) >= 11 is 0. The van der Waals surface area contributed by atoms with Crippen molar-refractivity contribution in [1.82, 2.24) is 10.2 Å². The molecule has 2 rings (SSSR count). The summed E-state index contributed by atoms with van der Waals surface area (Å²) in [6.07, 6.45) is 0.792. The summed E-state index contributed by atoms with van der Waals surface area (Å²) < 4.78 is 5.11. The molecule has 1 aliphatic rings. The Bertz CT molecular complexity index is 423. The van der Waals surface area contributed by atoms with Crippen LogP contribution in [0.25, 0.3) is 0 Å². The third-order valence-corrected chi connectivity index (χ3v) is 3.66. The average molecular weight is 276 g/mol. The smallest absolute Gasteiger partial charge is 0.323 e. The molecule has 4 nitrogen and oxygen atoms in total. The predicted octanol–water partition coefficient (Wildman–Crippen LogP) is 1.93. The van der Waals surface area contributed by atoms with E-state index in [4.69, 9.17) is 4.74 Å². The Morgan fingerprint density at radius 3 is 2.50 bits per heavy atom. The van der Waals surface area contributed by atoms with E-state index in [1.807, 2.05) is 13.8 Å². The maximum absolute atomic E-state index is 11.9. The molecule has 110 valence electrons. The highest BCUT2D eigenvalue weighted by Gasteiger charge is 2.22. The van der Waals surface area contributed by atoms with Gasteiger partial charge in [-0.05, 0) is 31.0 Å². The third-order valence-electron chi connectivity index (χ3n) is 3.66. The molecule has 4 heteroatoms. The second-order valence-electron chi connectivity index (χ2n) is 5.13. The minimum Gasteiger partial charge on any atom is -0.465 e. The first-order valence-corrected chi connectivity index (χ1v) is 7.43. The number of hydrogen-bond donors (Lipinski definition) is 1. The average Bonchev–Trinajstić information content (AvgIpc) is 2.86. The summed E-state index contributed by atoms with van der Waals surface area (Å²) in [7, 11) is 0. The van der Waals surface area contributed by atoms with Crippen molar-refractivity contribution in [1.29, 1.82) is 0 Å². The summed E-state index contributed by atoms with van der Waals surface area (Å²) in [4.78, 5) is 14.2. The zero-order valence-corrected chi connectivity index (χ0v) is 12.4. The van der Waals surface area contributed by atoms with Crippen LogP contribution in [0, 0.1) is 0 Å². The fraction of sp³-hybridized carbons (Fsp3) is 0.562. The number of carbonyl (C=O) groups excluding carboxylic acids is 1. The quantitative estimate of drug-likeness (QED) is 0.773. The molecule has 0 saturated heterocycles. The highest BCUT2D eigenvalue weighted by Crippen LogP contribution is 2.22. The largest absolute Gasteiger partial charge is 0.465 e. The fourth-order valence-corrected chi connectivity index (χ4v) is 2.67. The SMILES string of the molecule is CCNC(CCN1Cc2ccccc2C1)C(=O)OCC. The van der Waals surface area contributed by atoms with Crippen molar-refractivity contribution in [2.45, 2.75) is 39.4 Å². The van der Waals surface area contributed by atoms with Crippen molar-refractivity contribution in [2.75, 3.05) is 19.7 Å². The number of fused-ring (bicyclic) bond motifs is 1. The van der Waals surface area contributed by atoms with Crippen LogP contribution in [-0.2, 0) is 22.6 Å². The second-order valence-corrected chi connectivity index (χ2v) is 5.13. The molecule has 1 unspecified atom stereocenters. The van der Waals surface area contributed by atoms with Crippen molar-refractivity contribution < 1.29 is 9.53 Å². The van der Waals surface area contributed by atoms with Crippen LogP contribution in [0.1, 0.15) is 31.4 Å². The van der Waals surface area contributed by atoms with Gasteiger partial charge in [-0.2, -0.15) is 0 Å². The van der Waals surface area contributed by atoms with E-state index >= 15 is 0 Å². The number of ether oxygens (including phenoxy) is 1. The van der Waals surface area contributed by atoms with Crippen LogP contribution in [0.4, 0.5) is 0 Å². The minimum absolute atomic E-state index is 0.133. The Morgan fingerprint density at radius 1 is 1.30 bits per heavy atom. The number of likely N-dealkylation sites (N-methyl/N-ethyl adjacent to an activating group) is 1. The summed E-state index contributed by atoms with van der Waals surface area (Å²) in [5, 5.41) is 3.21. The lowest BCUT2D eigenvalue weighted by atomic mass is 10.1. The van der Waals surface area contributed by atoms with Gasteiger partial charge in [0, 0.05) is 19.6 Å². The van der Waals surface area contributed by atoms with Crippen LogP contribution in [0.5, 0.6) is 0 Å². The van der Waals surface area contributed by atoms with Gasteiger partial charge in [-0.25, -0.2) is 0 Å². The van der Waals surface area contributed by atoms with Gasteiger partial charge in [0.25, 0.3) is 0 Å². The number of esters is 1. The lowest BCUT2D eigenvalue weighted by molar-refractivity contribution is -0.145. The van der Waals surface area contributed by atoms with Crippen molar-refractivity contribution in [3.63, 3.8) is 0 Å². The maximum atomic E-state index is 11.9.